The van der Waals surface area contributed by atoms with Gasteiger partial charge < -0.3 is 9.72 Å². The Hall–Kier alpha value is -2.89. The molecule has 2 aromatic carbocycles. The summed E-state index contributed by atoms with van der Waals surface area (Å²) < 4.78 is 5.54. The van der Waals surface area contributed by atoms with Crippen LogP contribution in [0.25, 0.3) is 22.4 Å². The van der Waals surface area contributed by atoms with E-state index >= 15 is 0 Å². The molecule has 0 aliphatic heterocycles. The van der Waals surface area contributed by atoms with Crippen molar-refractivity contribution in [1.82, 2.24) is 9.97 Å². The van der Waals surface area contributed by atoms with Crippen molar-refractivity contribution in [2.75, 3.05) is 6.61 Å². The molecule has 0 spiro atoms. The van der Waals surface area contributed by atoms with E-state index in [4.69, 9.17) is 4.74 Å². The van der Waals surface area contributed by atoms with E-state index in [1.54, 1.807) is 6.07 Å². The Balaban J connectivity index is 1.91. The molecular formula is C16H15N3O3. The van der Waals surface area contributed by atoms with Crippen molar-refractivity contribution in [2.45, 2.75) is 13.3 Å². The second-order valence-corrected chi connectivity index (χ2v) is 4.92. The molecule has 0 amide bonds. The number of hydrogen-bond acceptors (Lipinski definition) is 4. The van der Waals surface area contributed by atoms with Gasteiger partial charge in [-0.3, -0.25) is 10.1 Å². The Morgan fingerprint density at radius 2 is 2.00 bits per heavy atom. The third kappa shape index (κ3) is 2.76. The molecule has 0 fully saturated rings. The molecule has 6 heteroatoms. The first-order chi connectivity index (χ1) is 10.7. The first-order valence-corrected chi connectivity index (χ1v) is 7.05. The number of imidazole rings is 1. The fraction of sp³-hybridized carbons (Fsp3) is 0.188. The molecule has 0 aliphatic rings. The van der Waals surface area contributed by atoms with Crippen molar-refractivity contribution in [2.24, 2.45) is 0 Å². The van der Waals surface area contributed by atoms with E-state index in [9.17, 15) is 10.1 Å². The highest BCUT2D eigenvalue weighted by molar-refractivity contribution is 5.81. The first-order valence-electron chi connectivity index (χ1n) is 7.05. The van der Waals surface area contributed by atoms with Crippen LogP contribution in [0.4, 0.5) is 5.69 Å². The second kappa shape index (κ2) is 5.85. The van der Waals surface area contributed by atoms with Crippen LogP contribution in [0.1, 0.15) is 13.3 Å². The highest BCUT2D eigenvalue weighted by atomic mass is 16.6. The summed E-state index contributed by atoms with van der Waals surface area (Å²) in [5.74, 6) is 1.50. The van der Waals surface area contributed by atoms with Crippen molar-refractivity contribution in [3.63, 3.8) is 0 Å². The lowest BCUT2D eigenvalue weighted by molar-refractivity contribution is -0.384. The number of H-pyrrole nitrogens is 1. The lowest BCUT2D eigenvalue weighted by atomic mass is 10.2. The summed E-state index contributed by atoms with van der Waals surface area (Å²) in [4.78, 5) is 18.0. The number of non-ortho nitro benzene ring substituents is 1. The Kier molecular flexibility index (Phi) is 3.74. The van der Waals surface area contributed by atoms with Crippen molar-refractivity contribution < 1.29 is 9.66 Å². The van der Waals surface area contributed by atoms with Gasteiger partial charge >= 0.3 is 0 Å². The normalized spacial score (nSPS) is 10.8. The number of nitrogens with zero attached hydrogens (tertiary/aromatic N) is 2. The fourth-order valence-electron chi connectivity index (χ4n) is 2.18. The largest absolute Gasteiger partial charge is 0.494 e. The van der Waals surface area contributed by atoms with E-state index in [-0.39, 0.29) is 5.69 Å². The fourth-order valence-corrected chi connectivity index (χ4v) is 2.18. The Morgan fingerprint density at radius 1 is 1.23 bits per heavy atom. The van der Waals surface area contributed by atoms with Crippen LogP contribution >= 0.6 is 0 Å². The number of rotatable bonds is 5. The monoisotopic (exact) mass is 297 g/mol. The minimum Gasteiger partial charge on any atom is -0.494 e. The smallest absolute Gasteiger partial charge is 0.271 e. The number of ether oxygens (including phenoxy) is 1. The zero-order valence-corrected chi connectivity index (χ0v) is 12.1. The Bertz CT molecular complexity index is 809. The van der Waals surface area contributed by atoms with E-state index in [2.05, 4.69) is 16.9 Å². The molecule has 22 heavy (non-hydrogen) atoms. The molecule has 0 aliphatic carbocycles. The number of aromatic amines is 1. The van der Waals surface area contributed by atoms with E-state index < -0.39 is 4.92 Å². The Labute approximate surface area is 126 Å². The summed E-state index contributed by atoms with van der Waals surface area (Å²) in [6.45, 7) is 2.75. The van der Waals surface area contributed by atoms with Gasteiger partial charge in [-0.25, -0.2) is 4.98 Å². The van der Waals surface area contributed by atoms with E-state index in [0.29, 0.717) is 23.5 Å². The van der Waals surface area contributed by atoms with Gasteiger partial charge in [0.2, 0.25) is 0 Å². The van der Waals surface area contributed by atoms with Gasteiger partial charge in [0.25, 0.3) is 5.69 Å². The third-order valence-corrected chi connectivity index (χ3v) is 3.28. The van der Waals surface area contributed by atoms with Gasteiger partial charge in [0, 0.05) is 17.7 Å². The van der Waals surface area contributed by atoms with Crippen LogP contribution in [0.5, 0.6) is 5.75 Å². The molecule has 1 heterocycles. The van der Waals surface area contributed by atoms with Crippen molar-refractivity contribution in [3.05, 3.63) is 52.6 Å². The van der Waals surface area contributed by atoms with Crippen LogP contribution < -0.4 is 4.74 Å². The predicted molar refractivity (Wildman–Crippen MR) is 84.0 cm³/mol. The topological polar surface area (TPSA) is 81.1 Å². The zero-order valence-electron chi connectivity index (χ0n) is 12.1. The lowest BCUT2D eigenvalue weighted by Crippen LogP contribution is -1.94. The number of nitro groups is 1. The average Bonchev–Trinajstić information content (AvgIpc) is 2.96. The van der Waals surface area contributed by atoms with Crippen LogP contribution in [0.3, 0.4) is 0 Å². The van der Waals surface area contributed by atoms with Gasteiger partial charge in [0.15, 0.2) is 0 Å². The average molecular weight is 297 g/mol. The number of nitrogens with one attached hydrogen (secondary N) is 1. The van der Waals surface area contributed by atoms with E-state index in [0.717, 1.165) is 17.7 Å². The Morgan fingerprint density at radius 3 is 2.68 bits per heavy atom. The quantitative estimate of drug-likeness (QED) is 0.571. The van der Waals surface area contributed by atoms with Gasteiger partial charge in [0.05, 0.1) is 22.6 Å². The van der Waals surface area contributed by atoms with Crippen LogP contribution in [0.2, 0.25) is 0 Å². The minimum atomic E-state index is -0.417. The van der Waals surface area contributed by atoms with Crippen LogP contribution in [0, 0.1) is 10.1 Å². The van der Waals surface area contributed by atoms with Gasteiger partial charge in [-0.15, -0.1) is 0 Å². The van der Waals surface area contributed by atoms with Crippen molar-refractivity contribution in [3.8, 4) is 17.1 Å². The van der Waals surface area contributed by atoms with E-state index in [1.165, 1.54) is 12.1 Å². The molecule has 0 saturated carbocycles. The number of benzene rings is 2. The highest BCUT2D eigenvalue weighted by Gasteiger charge is 2.10. The molecule has 0 atom stereocenters. The summed E-state index contributed by atoms with van der Waals surface area (Å²) in [7, 11) is 0. The van der Waals surface area contributed by atoms with Crippen molar-refractivity contribution in [1.29, 1.82) is 0 Å². The van der Waals surface area contributed by atoms with Gasteiger partial charge in [-0.05, 0) is 36.8 Å². The molecular weight excluding hydrogens is 282 g/mol. The van der Waals surface area contributed by atoms with Crippen LogP contribution in [-0.2, 0) is 0 Å². The molecule has 0 radical (unpaired) electrons. The predicted octanol–water partition coefficient (Wildman–Crippen LogP) is 3.93. The standard InChI is InChI=1S/C16H15N3O3/c1-2-9-22-13-6-3-11(4-7-13)16-17-14-8-5-12(19(20)21)10-15(14)18-16/h3-8,10H,2,9H2,1H3,(H,17,18). The SMILES string of the molecule is CCCOc1ccc(-c2nc3ccc([N+](=O)[O-])cc3[nH]2)cc1. The maximum Gasteiger partial charge on any atom is 0.271 e. The first kappa shape index (κ1) is 14.1. The highest BCUT2D eigenvalue weighted by Crippen LogP contribution is 2.25. The number of hydrogen-bond donors (Lipinski definition) is 1. The molecule has 6 nitrogen and oxygen atoms in total. The minimum absolute atomic E-state index is 0.0472. The van der Waals surface area contributed by atoms with Gasteiger partial charge in [-0.1, -0.05) is 6.92 Å². The van der Waals surface area contributed by atoms with Crippen molar-refractivity contribution >= 4 is 16.7 Å². The summed E-state index contributed by atoms with van der Waals surface area (Å²) in [6.07, 6.45) is 0.962. The van der Waals surface area contributed by atoms with Crippen LogP contribution in [-0.4, -0.2) is 21.5 Å². The molecule has 3 rings (SSSR count). The summed E-state index contributed by atoms with van der Waals surface area (Å²) in [6, 6.07) is 12.2. The maximum absolute atomic E-state index is 10.8. The third-order valence-electron chi connectivity index (χ3n) is 3.28. The lowest BCUT2D eigenvalue weighted by Gasteiger charge is -2.04. The second-order valence-electron chi connectivity index (χ2n) is 4.92. The number of fused-ring (bicyclic) bond motifs is 1. The van der Waals surface area contributed by atoms with Gasteiger partial charge in [-0.2, -0.15) is 0 Å². The number of aromatic nitrogens is 2. The summed E-state index contributed by atoms with van der Waals surface area (Å²) in [5, 5.41) is 10.8. The van der Waals surface area contributed by atoms with Gasteiger partial charge in [0.1, 0.15) is 11.6 Å². The maximum atomic E-state index is 10.8. The van der Waals surface area contributed by atoms with Crippen LogP contribution in [0.15, 0.2) is 42.5 Å². The molecule has 1 aromatic heterocycles. The molecule has 0 bridgehead atoms. The zero-order chi connectivity index (χ0) is 15.5. The number of nitro benzene ring substituents is 1. The molecule has 3 aromatic rings. The summed E-state index contributed by atoms with van der Waals surface area (Å²) in [5.41, 5.74) is 2.30. The van der Waals surface area contributed by atoms with E-state index in [1.807, 2.05) is 24.3 Å². The molecule has 0 unspecified atom stereocenters. The molecule has 1 N–H and O–H groups in total. The molecule has 0 saturated heterocycles. The summed E-state index contributed by atoms with van der Waals surface area (Å²) >= 11 is 0. The molecule has 112 valence electrons.